The molecule has 2 aromatic heterocycles. The zero-order chi connectivity index (χ0) is 21.1. The monoisotopic (exact) mass is 420 g/mol. The number of carbonyl (C=O) groups is 1. The highest BCUT2D eigenvalue weighted by Gasteiger charge is 2.22. The standard InChI is InChI=1S/C23H24N4O2S/c1-3-15-6-8-16(9-7-15)21(20-5-4-12-30-20)24-14(2)22(28)25-17-10-11-18-19(13-17)27-23(29)26-18/h4-14,21,24H,3H2,1-2H3,(H,25,28)(H2,26,27,29)/t14-,21-/m1/s1. The summed E-state index contributed by atoms with van der Waals surface area (Å²) >= 11 is 1.67. The van der Waals surface area contributed by atoms with Crippen molar-refractivity contribution in [3.05, 3.63) is 86.5 Å². The topological polar surface area (TPSA) is 89.8 Å². The van der Waals surface area contributed by atoms with Crippen LogP contribution in [-0.4, -0.2) is 21.9 Å². The van der Waals surface area contributed by atoms with Crippen LogP contribution in [-0.2, 0) is 11.2 Å². The lowest BCUT2D eigenvalue weighted by Gasteiger charge is -2.23. The molecule has 0 fully saturated rings. The zero-order valence-electron chi connectivity index (χ0n) is 16.9. The molecule has 4 N–H and O–H groups in total. The number of hydrogen-bond acceptors (Lipinski definition) is 4. The molecule has 0 saturated heterocycles. The highest BCUT2D eigenvalue weighted by molar-refractivity contribution is 7.10. The maximum atomic E-state index is 12.8. The average Bonchev–Trinajstić information content (AvgIpc) is 3.40. The highest BCUT2D eigenvalue weighted by Crippen LogP contribution is 2.27. The quantitative estimate of drug-likeness (QED) is 0.361. The fraction of sp³-hybridized carbons (Fsp3) is 0.217. The van der Waals surface area contributed by atoms with Gasteiger partial charge in [-0.05, 0) is 54.1 Å². The number of amides is 1. The summed E-state index contributed by atoms with van der Waals surface area (Å²) in [5, 5.41) is 8.44. The maximum Gasteiger partial charge on any atom is 0.323 e. The van der Waals surface area contributed by atoms with E-state index >= 15 is 0 Å². The Morgan fingerprint density at radius 2 is 1.83 bits per heavy atom. The lowest BCUT2D eigenvalue weighted by atomic mass is 10.0. The molecule has 2 atom stereocenters. The Hall–Kier alpha value is -3.16. The van der Waals surface area contributed by atoms with Crippen LogP contribution in [0.3, 0.4) is 0 Å². The number of imidazole rings is 1. The molecule has 0 radical (unpaired) electrons. The van der Waals surface area contributed by atoms with Gasteiger partial charge in [0.25, 0.3) is 0 Å². The molecule has 0 aliphatic heterocycles. The summed E-state index contributed by atoms with van der Waals surface area (Å²) in [5.41, 5.74) is 4.14. The summed E-state index contributed by atoms with van der Waals surface area (Å²) < 4.78 is 0. The molecule has 0 saturated carbocycles. The van der Waals surface area contributed by atoms with Gasteiger partial charge >= 0.3 is 5.69 Å². The van der Waals surface area contributed by atoms with Gasteiger partial charge in [-0.2, -0.15) is 0 Å². The normalized spacial score (nSPS) is 13.3. The number of carbonyl (C=O) groups excluding carboxylic acids is 1. The van der Waals surface area contributed by atoms with Crippen LogP contribution < -0.4 is 16.3 Å². The van der Waals surface area contributed by atoms with Crippen LogP contribution in [0.2, 0.25) is 0 Å². The van der Waals surface area contributed by atoms with Crippen LogP contribution in [0.4, 0.5) is 5.69 Å². The number of hydrogen-bond donors (Lipinski definition) is 4. The SMILES string of the molecule is CCc1ccc([C@@H](N[C@H](C)C(=O)Nc2ccc3[nH]c(=O)[nH]c3c2)c2cccs2)cc1. The lowest BCUT2D eigenvalue weighted by molar-refractivity contribution is -0.117. The number of nitrogens with one attached hydrogen (secondary N) is 4. The van der Waals surface area contributed by atoms with Crippen LogP contribution in [0.25, 0.3) is 11.0 Å². The van der Waals surface area contributed by atoms with Crippen molar-refractivity contribution in [2.75, 3.05) is 5.32 Å². The summed E-state index contributed by atoms with van der Waals surface area (Å²) in [6.45, 7) is 3.99. The summed E-state index contributed by atoms with van der Waals surface area (Å²) in [7, 11) is 0. The maximum absolute atomic E-state index is 12.8. The second-order valence-electron chi connectivity index (χ2n) is 7.26. The van der Waals surface area contributed by atoms with Crippen molar-refractivity contribution in [3.8, 4) is 0 Å². The largest absolute Gasteiger partial charge is 0.325 e. The Morgan fingerprint density at radius 1 is 1.07 bits per heavy atom. The summed E-state index contributed by atoms with van der Waals surface area (Å²) in [6.07, 6.45) is 0.993. The third-order valence-electron chi connectivity index (χ3n) is 5.14. The average molecular weight is 421 g/mol. The lowest BCUT2D eigenvalue weighted by Crippen LogP contribution is -2.40. The number of thiophene rings is 1. The van der Waals surface area contributed by atoms with Crippen molar-refractivity contribution >= 4 is 34.0 Å². The van der Waals surface area contributed by atoms with Crippen molar-refractivity contribution in [2.45, 2.75) is 32.4 Å². The molecular weight excluding hydrogens is 396 g/mol. The van der Waals surface area contributed by atoms with Gasteiger partial charge in [0.1, 0.15) is 0 Å². The second-order valence-corrected chi connectivity index (χ2v) is 8.24. The fourth-order valence-electron chi connectivity index (χ4n) is 3.43. The van der Waals surface area contributed by atoms with Gasteiger partial charge in [0.15, 0.2) is 0 Å². The van der Waals surface area contributed by atoms with Crippen molar-refractivity contribution in [2.24, 2.45) is 0 Å². The molecule has 154 valence electrons. The number of aromatic amines is 2. The molecule has 2 aromatic carbocycles. The van der Waals surface area contributed by atoms with Gasteiger partial charge < -0.3 is 15.3 Å². The Labute approximate surface area is 178 Å². The van der Waals surface area contributed by atoms with Gasteiger partial charge in [0.2, 0.25) is 5.91 Å². The number of benzene rings is 2. The van der Waals surface area contributed by atoms with E-state index in [1.54, 1.807) is 29.5 Å². The molecule has 1 amide bonds. The second kappa shape index (κ2) is 8.69. The summed E-state index contributed by atoms with van der Waals surface area (Å²) in [5.74, 6) is -0.140. The van der Waals surface area contributed by atoms with Crippen molar-refractivity contribution in [3.63, 3.8) is 0 Å². The molecule has 0 aliphatic rings. The van der Waals surface area contributed by atoms with Gasteiger partial charge in [0.05, 0.1) is 23.1 Å². The molecule has 4 aromatic rings. The van der Waals surface area contributed by atoms with E-state index < -0.39 is 6.04 Å². The Bertz CT molecular complexity index is 1190. The van der Waals surface area contributed by atoms with E-state index in [2.05, 4.69) is 57.9 Å². The van der Waals surface area contributed by atoms with Gasteiger partial charge in [-0.3, -0.25) is 10.1 Å². The molecule has 6 nitrogen and oxygen atoms in total. The van der Waals surface area contributed by atoms with E-state index in [0.29, 0.717) is 16.7 Å². The van der Waals surface area contributed by atoms with Crippen molar-refractivity contribution in [1.82, 2.24) is 15.3 Å². The third kappa shape index (κ3) is 4.37. The minimum atomic E-state index is -0.427. The van der Waals surface area contributed by atoms with Crippen LogP contribution in [0.5, 0.6) is 0 Å². The van der Waals surface area contributed by atoms with Crippen LogP contribution in [0.1, 0.15) is 35.9 Å². The zero-order valence-corrected chi connectivity index (χ0v) is 17.7. The third-order valence-corrected chi connectivity index (χ3v) is 6.08. The minimum Gasteiger partial charge on any atom is -0.325 e. The first-order valence-electron chi connectivity index (χ1n) is 9.94. The van der Waals surface area contributed by atoms with E-state index in [1.165, 1.54) is 5.56 Å². The van der Waals surface area contributed by atoms with Crippen molar-refractivity contribution in [1.29, 1.82) is 0 Å². The van der Waals surface area contributed by atoms with E-state index in [1.807, 2.05) is 18.4 Å². The van der Waals surface area contributed by atoms with Gasteiger partial charge in [0, 0.05) is 10.6 Å². The minimum absolute atomic E-state index is 0.0693. The Balaban J connectivity index is 1.51. The molecule has 7 heteroatoms. The smallest absolute Gasteiger partial charge is 0.323 e. The summed E-state index contributed by atoms with van der Waals surface area (Å²) in [6, 6.07) is 17.4. The fourth-order valence-corrected chi connectivity index (χ4v) is 4.24. The Morgan fingerprint density at radius 3 is 2.53 bits per heavy atom. The Kier molecular flexibility index (Phi) is 5.83. The molecule has 0 bridgehead atoms. The number of aromatic nitrogens is 2. The first-order valence-corrected chi connectivity index (χ1v) is 10.8. The number of H-pyrrole nitrogens is 2. The molecule has 0 unspecified atom stereocenters. The van der Waals surface area contributed by atoms with E-state index in [0.717, 1.165) is 16.9 Å². The number of rotatable bonds is 7. The van der Waals surface area contributed by atoms with Crippen LogP contribution in [0.15, 0.2) is 64.8 Å². The van der Waals surface area contributed by atoms with E-state index in [-0.39, 0.29) is 17.6 Å². The van der Waals surface area contributed by atoms with E-state index in [9.17, 15) is 9.59 Å². The predicted octanol–water partition coefficient (Wildman–Crippen LogP) is 4.19. The predicted molar refractivity (Wildman–Crippen MR) is 122 cm³/mol. The summed E-state index contributed by atoms with van der Waals surface area (Å²) in [4.78, 5) is 30.8. The number of fused-ring (bicyclic) bond motifs is 1. The molecular formula is C23H24N4O2S. The molecule has 30 heavy (non-hydrogen) atoms. The molecule has 0 spiro atoms. The highest BCUT2D eigenvalue weighted by atomic mass is 32.1. The first kappa shape index (κ1) is 20.1. The molecule has 0 aliphatic carbocycles. The molecule has 2 heterocycles. The van der Waals surface area contributed by atoms with Gasteiger partial charge in [-0.1, -0.05) is 37.3 Å². The van der Waals surface area contributed by atoms with Crippen molar-refractivity contribution < 1.29 is 4.79 Å². The van der Waals surface area contributed by atoms with Crippen LogP contribution in [0, 0.1) is 0 Å². The van der Waals surface area contributed by atoms with Gasteiger partial charge in [-0.15, -0.1) is 11.3 Å². The number of aryl methyl sites for hydroxylation is 1. The van der Waals surface area contributed by atoms with Gasteiger partial charge in [-0.25, -0.2) is 4.79 Å². The van der Waals surface area contributed by atoms with Crippen LogP contribution >= 0.6 is 11.3 Å². The first-order chi connectivity index (χ1) is 14.5. The van der Waals surface area contributed by atoms with E-state index in [4.69, 9.17) is 0 Å². The number of anilines is 1. The molecule has 4 rings (SSSR count).